The van der Waals surface area contributed by atoms with Crippen LogP contribution in [0.15, 0.2) is 12.2 Å². The molecule has 130 valence electrons. The highest BCUT2D eigenvalue weighted by Crippen LogP contribution is 2.33. The van der Waals surface area contributed by atoms with Crippen molar-refractivity contribution in [2.75, 3.05) is 6.61 Å². The van der Waals surface area contributed by atoms with E-state index in [4.69, 9.17) is 4.74 Å². The molecule has 0 radical (unpaired) electrons. The summed E-state index contributed by atoms with van der Waals surface area (Å²) in [7, 11) is -1.17. The summed E-state index contributed by atoms with van der Waals surface area (Å²) in [5.41, 5.74) is 0.506. The maximum atomic E-state index is 11.5. The Morgan fingerprint density at radius 1 is 0.864 bits per heavy atom. The van der Waals surface area contributed by atoms with Gasteiger partial charge in [-0.25, -0.2) is 4.79 Å². The number of hydrogen-bond acceptors (Lipinski definition) is 2. The SMILES string of the molecule is C=C(C)C(=O)OCCC[Si](CCCC)(CCCC)CCCC. The summed E-state index contributed by atoms with van der Waals surface area (Å²) in [5.74, 6) is -0.233. The lowest BCUT2D eigenvalue weighted by Gasteiger charge is -2.32. The maximum Gasteiger partial charge on any atom is 0.333 e. The molecule has 0 aromatic heterocycles. The second kappa shape index (κ2) is 12.9. The molecule has 0 saturated carbocycles. The zero-order valence-electron chi connectivity index (χ0n) is 15.5. The molecule has 0 spiro atoms. The Labute approximate surface area is 139 Å². The minimum atomic E-state index is -1.17. The molecule has 0 atom stereocenters. The van der Waals surface area contributed by atoms with Crippen molar-refractivity contribution < 1.29 is 9.53 Å². The van der Waals surface area contributed by atoms with E-state index in [0.29, 0.717) is 12.2 Å². The first-order valence-electron chi connectivity index (χ1n) is 9.34. The first kappa shape index (κ1) is 21.4. The van der Waals surface area contributed by atoms with E-state index in [1.165, 1.54) is 62.7 Å². The van der Waals surface area contributed by atoms with Crippen LogP contribution in [0.2, 0.25) is 24.2 Å². The molecule has 2 nitrogen and oxygen atoms in total. The summed E-state index contributed by atoms with van der Waals surface area (Å²) in [6.45, 7) is 12.8. The third kappa shape index (κ3) is 9.45. The summed E-state index contributed by atoms with van der Waals surface area (Å²) in [6, 6.07) is 5.74. The molecule has 0 saturated heterocycles. The van der Waals surface area contributed by atoms with E-state index in [1.54, 1.807) is 6.92 Å². The Kier molecular flexibility index (Phi) is 12.6. The Bertz CT molecular complexity index is 291. The average molecular weight is 327 g/mol. The molecule has 0 N–H and O–H groups in total. The molecule has 0 amide bonds. The first-order valence-corrected chi connectivity index (χ1v) is 12.2. The van der Waals surface area contributed by atoms with E-state index in [2.05, 4.69) is 27.4 Å². The summed E-state index contributed by atoms with van der Waals surface area (Å²) in [4.78, 5) is 11.5. The molecule has 0 fully saturated rings. The molecule has 0 aliphatic rings. The van der Waals surface area contributed by atoms with Crippen molar-refractivity contribution in [1.29, 1.82) is 0 Å². The van der Waals surface area contributed by atoms with E-state index in [0.717, 1.165) is 6.42 Å². The largest absolute Gasteiger partial charge is 0.462 e. The Balaban J connectivity index is 4.50. The van der Waals surface area contributed by atoms with Crippen molar-refractivity contribution in [3.8, 4) is 0 Å². The molecule has 0 heterocycles. The molecule has 0 rings (SSSR count). The van der Waals surface area contributed by atoms with Gasteiger partial charge in [-0.3, -0.25) is 0 Å². The van der Waals surface area contributed by atoms with Gasteiger partial charge in [0.05, 0.1) is 14.7 Å². The fourth-order valence-electron chi connectivity index (χ4n) is 3.14. The number of esters is 1. The third-order valence-corrected chi connectivity index (χ3v) is 10.3. The average Bonchev–Trinajstić information content (AvgIpc) is 2.52. The topological polar surface area (TPSA) is 26.3 Å². The summed E-state index contributed by atoms with van der Waals surface area (Å²) in [5, 5.41) is 0. The van der Waals surface area contributed by atoms with Crippen LogP contribution in [0, 0.1) is 0 Å². The Morgan fingerprint density at radius 3 is 1.64 bits per heavy atom. The van der Waals surface area contributed by atoms with E-state index in [-0.39, 0.29) is 5.97 Å². The molecule has 22 heavy (non-hydrogen) atoms. The number of hydrogen-bond donors (Lipinski definition) is 0. The van der Waals surface area contributed by atoms with Gasteiger partial charge >= 0.3 is 5.97 Å². The van der Waals surface area contributed by atoms with Crippen LogP contribution in [0.25, 0.3) is 0 Å². The Hall–Kier alpha value is -0.573. The zero-order valence-corrected chi connectivity index (χ0v) is 16.5. The molecular formula is C19H38O2Si. The standard InChI is InChI=1S/C19H38O2Si/c1-6-9-14-22(15-10-7-2,16-11-8-3)17-12-13-21-19(20)18(4)5/h4,6-17H2,1-3,5H3. The van der Waals surface area contributed by atoms with E-state index in [1.807, 2.05) is 0 Å². The normalized spacial score (nSPS) is 11.5. The van der Waals surface area contributed by atoms with Crippen LogP contribution in [0.3, 0.4) is 0 Å². The predicted octanol–water partition coefficient (Wildman–Crippen LogP) is 6.34. The van der Waals surface area contributed by atoms with Gasteiger partial charge in [0.15, 0.2) is 0 Å². The second-order valence-corrected chi connectivity index (χ2v) is 11.8. The molecule has 0 bridgehead atoms. The van der Waals surface area contributed by atoms with Crippen molar-refractivity contribution in [3.63, 3.8) is 0 Å². The van der Waals surface area contributed by atoms with Gasteiger partial charge in [-0.2, -0.15) is 0 Å². The van der Waals surface area contributed by atoms with Crippen molar-refractivity contribution in [1.82, 2.24) is 0 Å². The van der Waals surface area contributed by atoms with Gasteiger partial charge in [-0.1, -0.05) is 90.1 Å². The van der Waals surface area contributed by atoms with E-state index < -0.39 is 8.07 Å². The van der Waals surface area contributed by atoms with Crippen LogP contribution in [0.5, 0.6) is 0 Å². The van der Waals surface area contributed by atoms with Crippen LogP contribution in [-0.2, 0) is 9.53 Å². The van der Waals surface area contributed by atoms with Crippen LogP contribution in [0.1, 0.15) is 72.6 Å². The minimum Gasteiger partial charge on any atom is -0.462 e. The fourth-order valence-corrected chi connectivity index (χ4v) is 8.85. The lowest BCUT2D eigenvalue weighted by atomic mass is 10.4. The highest BCUT2D eigenvalue weighted by molar-refractivity contribution is 6.79. The smallest absolute Gasteiger partial charge is 0.333 e. The number of carbonyl (C=O) groups is 1. The van der Waals surface area contributed by atoms with Gasteiger partial charge in [0, 0.05) is 5.57 Å². The quantitative estimate of drug-likeness (QED) is 0.161. The molecule has 0 aromatic carbocycles. The lowest BCUT2D eigenvalue weighted by Crippen LogP contribution is -2.34. The highest BCUT2D eigenvalue weighted by Gasteiger charge is 2.30. The van der Waals surface area contributed by atoms with Crippen LogP contribution < -0.4 is 0 Å². The fraction of sp³-hybridized carbons (Fsp3) is 0.842. The lowest BCUT2D eigenvalue weighted by molar-refractivity contribution is -0.138. The Morgan fingerprint density at radius 2 is 1.27 bits per heavy atom. The number of unbranched alkanes of at least 4 members (excludes halogenated alkanes) is 3. The molecule has 0 aliphatic carbocycles. The highest BCUT2D eigenvalue weighted by atomic mass is 28.3. The molecule has 0 aromatic rings. The first-order chi connectivity index (χ1) is 10.5. The van der Waals surface area contributed by atoms with Gasteiger partial charge < -0.3 is 4.74 Å². The number of rotatable bonds is 14. The van der Waals surface area contributed by atoms with Crippen molar-refractivity contribution in [2.45, 2.75) is 96.8 Å². The molecule has 0 unspecified atom stereocenters. The van der Waals surface area contributed by atoms with E-state index in [9.17, 15) is 4.79 Å². The predicted molar refractivity (Wildman–Crippen MR) is 100 cm³/mol. The van der Waals surface area contributed by atoms with Crippen LogP contribution >= 0.6 is 0 Å². The van der Waals surface area contributed by atoms with Gasteiger partial charge in [0.25, 0.3) is 0 Å². The monoisotopic (exact) mass is 326 g/mol. The van der Waals surface area contributed by atoms with Gasteiger partial charge in [0.2, 0.25) is 0 Å². The summed E-state index contributed by atoms with van der Waals surface area (Å²) < 4.78 is 5.30. The molecular weight excluding hydrogens is 288 g/mol. The summed E-state index contributed by atoms with van der Waals surface area (Å²) in [6.07, 6.45) is 9.09. The molecule has 0 aliphatic heterocycles. The minimum absolute atomic E-state index is 0.233. The number of ether oxygens (including phenoxy) is 1. The maximum absolute atomic E-state index is 11.5. The third-order valence-electron chi connectivity index (χ3n) is 4.62. The van der Waals surface area contributed by atoms with Crippen LogP contribution in [-0.4, -0.2) is 20.7 Å². The van der Waals surface area contributed by atoms with Crippen molar-refractivity contribution >= 4 is 14.0 Å². The van der Waals surface area contributed by atoms with E-state index >= 15 is 0 Å². The molecule has 3 heteroatoms. The van der Waals surface area contributed by atoms with Gasteiger partial charge in [-0.05, 0) is 13.3 Å². The van der Waals surface area contributed by atoms with Crippen molar-refractivity contribution in [2.24, 2.45) is 0 Å². The zero-order chi connectivity index (χ0) is 16.8. The van der Waals surface area contributed by atoms with Gasteiger partial charge in [0.1, 0.15) is 0 Å². The number of carbonyl (C=O) groups excluding carboxylic acids is 1. The summed E-state index contributed by atoms with van der Waals surface area (Å²) >= 11 is 0. The van der Waals surface area contributed by atoms with Crippen LogP contribution in [0.4, 0.5) is 0 Å². The van der Waals surface area contributed by atoms with Gasteiger partial charge in [-0.15, -0.1) is 0 Å². The second-order valence-electron chi connectivity index (χ2n) is 6.83. The van der Waals surface area contributed by atoms with Crippen molar-refractivity contribution in [3.05, 3.63) is 12.2 Å².